The van der Waals surface area contributed by atoms with Gasteiger partial charge in [0, 0.05) is 12.1 Å². The van der Waals surface area contributed by atoms with Gasteiger partial charge < -0.3 is 0 Å². The fourth-order valence-corrected chi connectivity index (χ4v) is 2.67. The molecule has 0 saturated carbocycles. The molecular weight excluding hydrogens is 306 g/mol. The molecule has 0 aliphatic carbocycles. The molecule has 2 aromatic rings. The van der Waals surface area contributed by atoms with E-state index in [1.807, 2.05) is 6.07 Å². The Bertz CT molecular complexity index is 615. The molecule has 0 bridgehead atoms. The Morgan fingerprint density at radius 2 is 2.06 bits per heavy atom. The van der Waals surface area contributed by atoms with Crippen molar-refractivity contribution in [2.75, 3.05) is 0 Å². The predicted octanol–water partition coefficient (Wildman–Crippen LogP) is 3.35. The van der Waals surface area contributed by atoms with Crippen molar-refractivity contribution < 1.29 is 4.92 Å². The number of rotatable bonds is 2. The first-order valence-electron chi connectivity index (χ1n) is 4.43. The van der Waals surface area contributed by atoms with E-state index in [0.717, 1.165) is 5.56 Å². The van der Waals surface area contributed by atoms with Gasteiger partial charge in [0.25, 0.3) is 5.69 Å². The maximum atomic E-state index is 10.5. The molecule has 7 heteroatoms. The molecule has 0 N–H and O–H groups in total. The van der Waals surface area contributed by atoms with E-state index >= 15 is 0 Å². The van der Waals surface area contributed by atoms with E-state index in [0.29, 0.717) is 15.0 Å². The number of non-ortho nitro benzene ring substituents is 1. The Morgan fingerprint density at radius 3 is 2.59 bits per heavy atom. The summed E-state index contributed by atoms with van der Waals surface area (Å²) in [4.78, 5) is 10.8. The second kappa shape index (κ2) is 4.61. The SMILES string of the molecule is N#Cc1c(Br)nsc1-c1ccc([N+](=O)[O-])cc1. The molecule has 0 aliphatic heterocycles. The van der Waals surface area contributed by atoms with Crippen LogP contribution in [0.1, 0.15) is 5.56 Å². The minimum atomic E-state index is -0.461. The van der Waals surface area contributed by atoms with E-state index in [1.165, 1.54) is 23.7 Å². The summed E-state index contributed by atoms with van der Waals surface area (Å²) in [6.07, 6.45) is 0. The Labute approximate surface area is 109 Å². The van der Waals surface area contributed by atoms with Gasteiger partial charge in [-0.05, 0) is 45.2 Å². The molecule has 0 radical (unpaired) electrons. The molecule has 0 fully saturated rings. The standard InChI is InChI=1S/C10H4BrN3O2S/c11-10-8(5-12)9(17-13-10)6-1-3-7(4-2-6)14(15)16/h1-4H. The summed E-state index contributed by atoms with van der Waals surface area (Å²) in [5, 5.41) is 19.5. The van der Waals surface area contributed by atoms with Crippen LogP contribution in [-0.2, 0) is 0 Å². The second-order valence-corrected chi connectivity index (χ2v) is 4.62. The highest BCUT2D eigenvalue weighted by Gasteiger charge is 2.14. The van der Waals surface area contributed by atoms with E-state index in [1.54, 1.807) is 12.1 Å². The van der Waals surface area contributed by atoms with Crippen molar-refractivity contribution in [3.8, 4) is 16.5 Å². The van der Waals surface area contributed by atoms with Crippen molar-refractivity contribution in [2.45, 2.75) is 0 Å². The highest BCUT2D eigenvalue weighted by atomic mass is 79.9. The Hall–Kier alpha value is -1.78. The van der Waals surface area contributed by atoms with Crippen molar-refractivity contribution in [2.24, 2.45) is 0 Å². The van der Waals surface area contributed by atoms with Crippen molar-refractivity contribution >= 4 is 33.1 Å². The number of benzene rings is 1. The van der Waals surface area contributed by atoms with Gasteiger partial charge in [0.15, 0.2) is 0 Å². The maximum absolute atomic E-state index is 10.5. The lowest BCUT2D eigenvalue weighted by Crippen LogP contribution is -1.87. The highest BCUT2D eigenvalue weighted by molar-refractivity contribution is 9.10. The number of nitro groups is 1. The topological polar surface area (TPSA) is 79.8 Å². The third-order valence-corrected chi connectivity index (χ3v) is 3.81. The minimum absolute atomic E-state index is 0.0239. The fourth-order valence-electron chi connectivity index (χ4n) is 1.30. The monoisotopic (exact) mass is 309 g/mol. The number of nitriles is 1. The number of hydrogen-bond acceptors (Lipinski definition) is 5. The van der Waals surface area contributed by atoms with Crippen LogP contribution in [0.25, 0.3) is 10.4 Å². The third kappa shape index (κ3) is 2.18. The lowest BCUT2D eigenvalue weighted by molar-refractivity contribution is -0.384. The molecule has 84 valence electrons. The normalized spacial score (nSPS) is 9.88. The summed E-state index contributed by atoms with van der Waals surface area (Å²) >= 11 is 4.36. The fraction of sp³-hybridized carbons (Fsp3) is 0. The van der Waals surface area contributed by atoms with Crippen LogP contribution in [0, 0.1) is 21.4 Å². The van der Waals surface area contributed by atoms with Crippen LogP contribution in [0.5, 0.6) is 0 Å². The molecule has 1 aromatic heterocycles. The van der Waals surface area contributed by atoms with Crippen LogP contribution in [0.2, 0.25) is 0 Å². The van der Waals surface area contributed by atoms with Crippen molar-refractivity contribution in [3.63, 3.8) is 0 Å². The summed E-state index contributed by atoms with van der Waals surface area (Å²) in [6, 6.07) is 8.08. The largest absolute Gasteiger partial charge is 0.269 e. The van der Waals surface area contributed by atoms with Crippen molar-refractivity contribution in [1.82, 2.24) is 4.37 Å². The average Bonchev–Trinajstić information content (AvgIpc) is 2.70. The van der Waals surface area contributed by atoms with Crippen LogP contribution in [0.15, 0.2) is 28.9 Å². The third-order valence-electron chi connectivity index (χ3n) is 2.10. The van der Waals surface area contributed by atoms with E-state index in [4.69, 9.17) is 5.26 Å². The predicted molar refractivity (Wildman–Crippen MR) is 66.6 cm³/mol. The average molecular weight is 310 g/mol. The lowest BCUT2D eigenvalue weighted by atomic mass is 10.1. The molecule has 5 nitrogen and oxygen atoms in total. The summed E-state index contributed by atoms with van der Waals surface area (Å²) in [6.45, 7) is 0. The van der Waals surface area contributed by atoms with Gasteiger partial charge in [-0.3, -0.25) is 10.1 Å². The Morgan fingerprint density at radius 1 is 1.41 bits per heavy atom. The Kier molecular flexibility index (Phi) is 3.17. The zero-order chi connectivity index (χ0) is 12.4. The number of nitrogens with zero attached hydrogens (tertiary/aromatic N) is 3. The molecular formula is C10H4BrN3O2S. The zero-order valence-corrected chi connectivity index (χ0v) is 10.7. The molecule has 0 atom stereocenters. The van der Waals surface area contributed by atoms with Gasteiger partial charge in [-0.2, -0.15) is 9.64 Å². The lowest BCUT2D eigenvalue weighted by Gasteiger charge is -1.97. The molecule has 17 heavy (non-hydrogen) atoms. The van der Waals surface area contributed by atoms with E-state index in [-0.39, 0.29) is 5.69 Å². The van der Waals surface area contributed by atoms with Crippen LogP contribution in [-0.4, -0.2) is 9.30 Å². The van der Waals surface area contributed by atoms with Crippen LogP contribution < -0.4 is 0 Å². The zero-order valence-electron chi connectivity index (χ0n) is 8.25. The molecule has 1 heterocycles. The minimum Gasteiger partial charge on any atom is -0.258 e. The summed E-state index contributed by atoms with van der Waals surface area (Å²) < 4.78 is 4.52. The number of nitro benzene ring substituents is 1. The molecule has 0 unspecified atom stereocenters. The molecule has 0 amide bonds. The van der Waals surface area contributed by atoms with Crippen LogP contribution in [0.4, 0.5) is 5.69 Å². The number of halogens is 1. The first-order chi connectivity index (χ1) is 8.13. The van der Waals surface area contributed by atoms with Gasteiger partial charge in [0.05, 0.1) is 9.80 Å². The molecule has 1 aromatic carbocycles. The van der Waals surface area contributed by atoms with Gasteiger partial charge >= 0.3 is 0 Å². The highest BCUT2D eigenvalue weighted by Crippen LogP contribution is 2.33. The van der Waals surface area contributed by atoms with Gasteiger partial charge in [-0.25, -0.2) is 0 Å². The van der Waals surface area contributed by atoms with E-state index in [2.05, 4.69) is 20.3 Å². The van der Waals surface area contributed by atoms with Gasteiger partial charge in [0.1, 0.15) is 16.2 Å². The van der Waals surface area contributed by atoms with E-state index in [9.17, 15) is 10.1 Å². The summed E-state index contributed by atoms with van der Waals surface area (Å²) in [5.74, 6) is 0. The smallest absolute Gasteiger partial charge is 0.258 e. The number of hydrogen-bond donors (Lipinski definition) is 0. The first kappa shape index (κ1) is 11.7. The summed E-state index contributed by atoms with van der Waals surface area (Å²) in [5.41, 5.74) is 1.22. The van der Waals surface area contributed by atoms with Gasteiger partial charge in [-0.15, -0.1) is 0 Å². The van der Waals surface area contributed by atoms with Crippen molar-refractivity contribution in [3.05, 3.63) is 44.5 Å². The summed E-state index contributed by atoms with van der Waals surface area (Å²) in [7, 11) is 0. The molecule has 0 saturated heterocycles. The van der Waals surface area contributed by atoms with E-state index < -0.39 is 4.92 Å². The second-order valence-electron chi connectivity index (χ2n) is 3.09. The first-order valence-corrected chi connectivity index (χ1v) is 6.00. The maximum Gasteiger partial charge on any atom is 0.269 e. The van der Waals surface area contributed by atoms with Gasteiger partial charge in [0.2, 0.25) is 0 Å². The molecule has 0 spiro atoms. The quantitative estimate of drug-likeness (QED) is 0.629. The molecule has 2 rings (SSSR count). The van der Waals surface area contributed by atoms with Crippen LogP contribution >= 0.6 is 27.5 Å². The number of aromatic nitrogens is 1. The Balaban J connectivity index is 2.47. The van der Waals surface area contributed by atoms with Crippen molar-refractivity contribution in [1.29, 1.82) is 5.26 Å². The molecule has 0 aliphatic rings. The van der Waals surface area contributed by atoms with Crippen LogP contribution in [0.3, 0.4) is 0 Å². The van der Waals surface area contributed by atoms with Gasteiger partial charge in [-0.1, -0.05) is 0 Å².